The predicted octanol–water partition coefficient (Wildman–Crippen LogP) is 3.31. The molecule has 0 saturated carbocycles. The molecule has 12 heteroatoms. The Balaban J connectivity index is 1.73. The van der Waals surface area contributed by atoms with Gasteiger partial charge < -0.3 is 14.6 Å². The number of hydrogen-bond donors (Lipinski definition) is 1. The highest BCUT2D eigenvalue weighted by atomic mass is 19.4. The summed E-state index contributed by atoms with van der Waals surface area (Å²) in [7, 11) is 0. The number of carbonyl (C=O) groups excluding carboxylic acids is 1. The van der Waals surface area contributed by atoms with Gasteiger partial charge in [0.1, 0.15) is 17.4 Å². The van der Waals surface area contributed by atoms with Gasteiger partial charge in [-0.1, -0.05) is 6.08 Å². The van der Waals surface area contributed by atoms with E-state index in [1.807, 2.05) is 0 Å². The van der Waals surface area contributed by atoms with Crippen molar-refractivity contribution in [1.29, 1.82) is 0 Å². The van der Waals surface area contributed by atoms with Crippen molar-refractivity contribution in [2.75, 3.05) is 0 Å². The number of nitrogens with zero attached hydrogens (tertiary/aromatic N) is 3. The molecule has 1 aromatic heterocycles. The molecule has 0 bridgehead atoms. The van der Waals surface area contributed by atoms with Gasteiger partial charge in [-0.25, -0.2) is 23.5 Å². The summed E-state index contributed by atoms with van der Waals surface area (Å²) in [4.78, 5) is 38.5. The predicted molar refractivity (Wildman–Crippen MR) is 120 cm³/mol. The number of benzene rings is 2. The first-order valence-corrected chi connectivity index (χ1v) is 10.9. The first kappa shape index (κ1) is 23.5. The van der Waals surface area contributed by atoms with Crippen molar-refractivity contribution in [3.63, 3.8) is 0 Å². The van der Waals surface area contributed by atoms with Crippen molar-refractivity contribution >= 4 is 5.78 Å². The summed E-state index contributed by atoms with van der Waals surface area (Å²) in [5.74, 6) is -1.80. The number of hydrogen-bond acceptors (Lipinski definition) is 6. The SMILES string of the molecule is CC(=O)c1ccc(-n2c(=O)n3n(c2=O)C2C(=CC3)C(C)(C)Oc3cc(O)c(OC(F)(F)F)cc32)cc1. The van der Waals surface area contributed by atoms with Crippen LogP contribution in [-0.4, -0.2) is 36.8 Å². The molecule has 0 spiro atoms. The second-order valence-electron chi connectivity index (χ2n) is 9.01. The summed E-state index contributed by atoms with van der Waals surface area (Å²) < 4.78 is 52.0. The summed E-state index contributed by atoms with van der Waals surface area (Å²) >= 11 is 0. The average Bonchev–Trinajstić information content (AvgIpc) is 3.04. The van der Waals surface area contributed by atoms with Crippen LogP contribution >= 0.6 is 0 Å². The van der Waals surface area contributed by atoms with Crippen molar-refractivity contribution in [1.82, 2.24) is 13.9 Å². The van der Waals surface area contributed by atoms with Gasteiger partial charge >= 0.3 is 17.7 Å². The van der Waals surface area contributed by atoms with E-state index in [0.29, 0.717) is 11.1 Å². The van der Waals surface area contributed by atoms with Crippen LogP contribution in [0, 0.1) is 0 Å². The fourth-order valence-corrected chi connectivity index (χ4v) is 4.69. The summed E-state index contributed by atoms with van der Waals surface area (Å²) in [6.07, 6.45) is -3.38. The van der Waals surface area contributed by atoms with Gasteiger partial charge in [-0.2, -0.15) is 0 Å². The van der Waals surface area contributed by atoms with Crippen LogP contribution < -0.4 is 20.9 Å². The van der Waals surface area contributed by atoms with Crippen LogP contribution in [0.15, 0.2) is 57.6 Å². The molecule has 3 aromatic rings. The van der Waals surface area contributed by atoms with E-state index in [0.717, 1.165) is 21.4 Å². The molecule has 0 aliphatic carbocycles. The highest BCUT2D eigenvalue weighted by Crippen LogP contribution is 2.49. The van der Waals surface area contributed by atoms with Crippen molar-refractivity contribution < 1.29 is 32.5 Å². The maximum absolute atomic E-state index is 13.6. The van der Waals surface area contributed by atoms with Crippen LogP contribution in [0.3, 0.4) is 0 Å². The minimum Gasteiger partial charge on any atom is -0.504 e. The summed E-state index contributed by atoms with van der Waals surface area (Å²) in [6, 6.07) is 6.86. The number of aromatic nitrogens is 3. The number of aromatic hydroxyl groups is 1. The Morgan fingerprint density at radius 1 is 1.14 bits per heavy atom. The van der Waals surface area contributed by atoms with Crippen molar-refractivity contribution in [2.24, 2.45) is 0 Å². The molecule has 1 atom stereocenters. The van der Waals surface area contributed by atoms with Crippen LogP contribution in [0.4, 0.5) is 13.2 Å². The standard InChI is InChI=1S/C24H20F3N3O6/c1-12(31)13-4-6-14(7-5-13)29-21(33)28-9-8-16-20(30(28)22(29)34)15-10-19(36-24(25,26)27)17(32)11-18(15)35-23(16,2)3/h4-8,10-11,20,32H,9H2,1-3H3. The Labute approximate surface area is 201 Å². The van der Waals surface area contributed by atoms with E-state index < -0.39 is 40.9 Å². The monoisotopic (exact) mass is 503 g/mol. The van der Waals surface area contributed by atoms with E-state index >= 15 is 0 Å². The lowest BCUT2D eigenvalue weighted by atomic mass is 9.83. The first-order chi connectivity index (χ1) is 16.8. The zero-order valence-corrected chi connectivity index (χ0v) is 19.3. The Morgan fingerprint density at radius 2 is 1.81 bits per heavy atom. The number of phenols is 1. The number of fused-ring (bicyclic) bond motifs is 5. The van der Waals surface area contributed by atoms with Gasteiger partial charge in [-0.3, -0.25) is 4.79 Å². The Bertz CT molecular complexity index is 1560. The summed E-state index contributed by atoms with van der Waals surface area (Å²) in [5.41, 5.74) is -1.13. The number of phenolic OH excluding ortho intramolecular Hbond substituents is 1. The van der Waals surface area contributed by atoms with Crippen LogP contribution in [-0.2, 0) is 6.54 Å². The van der Waals surface area contributed by atoms with Gasteiger partial charge in [0.15, 0.2) is 17.3 Å². The van der Waals surface area contributed by atoms with E-state index in [2.05, 4.69) is 4.74 Å². The maximum atomic E-state index is 13.6. The molecule has 5 rings (SSSR count). The number of Topliss-reactive ketones (excluding diaryl/α,β-unsaturated/α-hetero) is 1. The fraction of sp³-hybridized carbons (Fsp3) is 0.292. The zero-order chi connectivity index (χ0) is 26.2. The fourth-order valence-electron chi connectivity index (χ4n) is 4.69. The molecular formula is C24H20F3N3O6. The molecule has 0 fully saturated rings. The lowest BCUT2D eigenvalue weighted by Crippen LogP contribution is -2.46. The van der Waals surface area contributed by atoms with Gasteiger partial charge in [0.2, 0.25) is 0 Å². The van der Waals surface area contributed by atoms with E-state index in [1.165, 1.54) is 35.9 Å². The van der Waals surface area contributed by atoms with Crippen LogP contribution in [0.5, 0.6) is 17.2 Å². The minimum atomic E-state index is -5.07. The number of carbonyl (C=O) groups is 1. The third-order valence-corrected chi connectivity index (χ3v) is 6.29. The molecule has 0 amide bonds. The smallest absolute Gasteiger partial charge is 0.504 e. The lowest BCUT2D eigenvalue weighted by molar-refractivity contribution is -0.275. The van der Waals surface area contributed by atoms with Crippen molar-refractivity contribution in [3.8, 4) is 22.9 Å². The van der Waals surface area contributed by atoms with E-state index in [9.17, 15) is 32.7 Å². The minimum absolute atomic E-state index is 0.0184. The van der Waals surface area contributed by atoms with Crippen LogP contribution in [0.1, 0.15) is 42.7 Å². The third kappa shape index (κ3) is 3.60. The number of allylic oxidation sites excluding steroid dienone is 1. The molecule has 9 nitrogen and oxygen atoms in total. The van der Waals surface area contributed by atoms with Gasteiger partial charge in [-0.15, -0.1) is 13.2 Å². The van der Waals surface area contributed by atoms with Crippen LogP contribution in [0.2, 0.25) is 0 Å². The molecule has 2 aliphatic rings. The third-order valence-electron chi connectivity index (χ3n) is 6.29. The highest BCUT2D eigenvalue weighted by Gasteiger charge is 2.45. The molecule has 36 heavy (non-hydrogen) atoms. The Hall–Kier alpha value is -4.22. The van der Waals surface area contributed by atoms with E-state index in [-0.39, 0.29) is 29.3 Å². The molecule has 0 radical (unpaired) electrons. The highest BCUT2D eigenvalue weighted by molar-refractivity contribution is 5.94. The van der Waals surface area contributed by atoms with E-state index in [4.69, 9.17) is 4.74 Å². The van der Waals surface area contributed by atoms with E-state index in [1.54, 1.807) is 19.9 Å². The average molecular weight is 503 g/mol. The second-order valence-corrected chi connectivity index (χ2v) is 9.01. The molecule has 0 saturated heterocycles. The Morgan fingerprint density at radius 3 is 2.42 bits per heavy atom. The number of rotatable bonds is 3. The summed E-state index contributed by atoms with van der Waals surface area (Å²) in [5, 5.41) is 10.1. The number of ether oxygens (including phenoxy) is 2. The number of alkyl halides is 3. The molecular weight excluding hydrogens is 483 g/mol. The maximum Gasteiger partial charge on any atom is 0.573 e. The molecule has 1 unspecified atom stereocenters. The van der Waals surface area contributed by atoms with Crippen LogP contribution in [0.25, 0.3) is 5.69 Å². The first-order valence-electron chi connectivity index (χ1n) is 10.9. The van der Waals surface area contributed by atoms with Gasteiger partial charge in [-0.05, 0) is 56.7 Å². The molecule has 3 heterocycles. The number of ketones is 1. The Kier molecular flexibility index (Phi) is 4.99. The molecule has 2 aliphatic heterocycles. The number of halogens is 3. The molecule has 2 aromatic carbocycles. The largest absolute Gasteiger partial charge is 0.573 e. The topological polar surface area (TPSA) is 105 Å². The van der Waals surface area contributed by atoms with Gasteiger partial charge in [0.05, 0.1) is 12.2 Å². The van der Waals surface area contributed by atoms with Crippen molar-refractivity contribution in [3.05, 3.63) is 80.1 Å². The quantitative estimate of drug-likeness (QED) is 0.435. The summed E-state index contributed by atoms with van der Waals surface area (Å²) in [6.45, 7) is 4.83. The van der Waals surface area contributed by atoms with Gasteiger partial charge in [0.25, 0.3) is 0 Å². The van der Waals surface area contributed by atoms with Gasteiger partial charge in [0, 0.05) is 17.2 Å². The zero-order valence-electron chi connectivity index (χ0n) is 19.3. The second kappa shape index (κ2) is 7.64. The lowest BCUT2D eigenvalue weighted by Gasteiger charge is -2.42. The molecule has 1 N–H and O–H groups in total. The van der Waals surface area contributed by atoms with Crippen molar-refractivity contribution in [2.45, 2.75) is 45.3 Å². The molecule has 188 valence electrons. The normalized spacial score (nSPS) is 17.8.